The van der Waals surface area contributed by atoms with Crippen LogP contribution in [0.15, 0.2) is 0 Å². The maximum absolute atomic E-state index is 8.69. The molecule has 0 fully saturated rings. The molecule has 0 spiro atoms. The van der Waals surface area contributed by atoms with E-state index in [1.54, 1.807) is 6.92 Å². The molecule has 0 aliphatic rings. The maximum atomic E-state index is 8.69. The van der Waals surface area contributed by atoms with Crippen LogP contribution in [0.1, 0.15) is 6.92 Å². The highest BCUT2D eigenvalue weighted by molar-refractivity contribution is 4.46. The minimum Gasteiger partial charge on any atom is -0.392 e. The van der Waals surface area contributed by atoms with Crippen LogP contribution in [0.2, 0.25) is 0 Å². The van der Waals surface area contributed by atoms with Crippen molar-refractivity contribution in [3.05, 3.63) is 0 Å². The Morgan fingerprint density at radius 2 is 2.33 bits per heavy atom. The van der Waals surface area contributed by atoms with Crippen LogP contribution in [0, 0.1) is 0 Å². The van der Waals surface area contributed by atoms with Crippen LogP contribution in [0.3, 0.4) is 0 Å². The molecule has 0 saturated heterocycles. The van der Waals surface area contributed by atoms with Crippen molar-refractivity contribution in [3.63, 3.8) is 0 Å². The molecule has 0 aromatic rings. The quantitative estimate of drug-likeness (QED) is 0.231. The highest BCUT2D eigenvalue weighted by Gasteiger charge is 1.91. The Bertz CT molecular complexity index is 58.2. The van der Waals surface area contributed by atoms with E-state index >= 15 is 0 Å². The molecule has 0 amide bonds. The van der Waals surface area contributed by atoms with E-state index in [0.717, 1.165) is 0 Å². The highest BCUT2D eigenvalue weighted by Crippen LogP contribution is 1.74. The number of hydrogen-bond acceptors (Lipinski definition) is 4. The lowest BCUT2D eigenvalue weighted by Gasteiger charge is -2.04. The van der Waals surface area contributed by atoms with Crippen LogP contribution in [-0.2, 0) is 9.78 Å². The predicted molar refractivity (Wildman–Crippen MR) is 32.6 cm³/mol. The molecule has 0 saturated carbocycles. The fraction of sp³-hybridized carbons (Fsp3) is 1.00. The largest absolute Gasteiger partial charge is 0.392 e. The molecule has 0 rings (SSSR count). The first-order valence-electron chi connectivity index (χ1n) is 2.81. The lowest BCUT2D eigenvalue weighted by molar-refractivity contribution is -0.277. The van der Waals surface area contributed by atoms with Gasteiger partial charge in [-0.3, -0.25) is 5.32 Å². The molecule has 0 bridgehead atoms. The maximum Gasteiger partial charge on any atom is 0.133 e. The van der Waals surface area contributed by atoms with Gasteiger partial charge in [-0.25, -0.2) is 9.78 Å². The molecule has 0 aliphatic carbocycles. The summed E-state index contributed by atoms with van der Waals surface area (Å²) in [5, 5.41) is 11.5. The molecule has 0 heterocycles. The van der Waals surface area contributed by atoms with Gasteiger partial charge in [0.25, 0.3) is 0 Å². The summed E-state index contributed by atoms with van der Waals surface area (Å²) in [5.41, 5.74) is 0. The van der Waals surface area contributed by atoms with Gasteiger partial charge in [-0.2, -0.15) is 0 Å². The van der Waals surface area contributed by atoms with Crippen molar-refractivity contribution in [2.75, 3.05) is 20.4 Å². The SMILES string of the molecule is COOCNCC(C)O. The minimum atomic E-state index is -0.342. The second-order valence-electron chi connectivity index (χ2n) is 1.73. The molecule has 4 nitrogen and oxygen atoms in total. The molecular formula is C5H13NO3. The Kier molecular flexibility index (Phi) is 5.86. The Morgan fingerprint density at radius 3 is 2.78 bits per heavy atom. The number of aliphatic hydroxyl groups excluding tert-OH is 1. The van der Waals surface area contributed by atoms with Crippen LogP contribution in [0.4, 0.5) is 0 Å². The summed E-state index contributed by atoms with van der Waals surface area (Å²) in [5.74, 6) is 0. The van der Waals surface area contributed by atoms with E-state index in [9.17, 15) is 0 Å². The van der Waals surface area contributed by atoms with Crippen LogP contribution >= 0.6 is 0 Å². The van der Waals surface area contributed by atoms with Gasteiger partial charge in [-0.15, -0.1) is 0 Å². The van der Waals surface area contributed by atoms with Crippen LogP contribution in [-0.4, -0.2) is 31.6 Å². The van der Waals surface area contributed by atoms with Gasteiger partial charge in [-0.05, 0) is 6.92 Å². The normalized spacial score (nSPS) is 13.7. The first kappa shape index (κ1) is 8.84. The van der Waals surface area contributed by atoms with Crippen molar-refractivity contribution in [2.45, 2.75) is 13.0 Å². The zero-order valence-corrected chi connectivity index (χ0v) is 5.76. The Balaban J connectivity index is 2.75. The van der Waals surface area contributed by atoms with Crippen LogP contribution in [0.5, 0.6) is 0 Å². The van der Waals surface area contributed by atoms with Crippen molar-refractivity contribution in [1.82, 2.24) is 5.32 Å². The van der Waals surface area contributed by atoms with E-state index in [4.69, 9.17) is 5.11 Å². The molecule has 9 heavy (non-hydrogen) atoms. The fourth-order valence-corrected chi connectivity index (χ4v) is 0.368. The minimum absolute atomic E-state index is 0.307. The third-order valence-corrected chi connectivity index (χ3v) is 0.719. The molecular weight excluding hydrogens is 122 g/mol. The lowest BCUT2D eigenvalue weighted by atomic mass is 10.4. The molecule has 56 valence electrons. The Morgan fingerprint density at radius 1 is 1.67 bits per heavy atom. The first-order valence-corrected chi connectivity index (χ1v) is 2.81. The second kappa shape index (κ2) is 5.97. The average molecular weight is 135 g/mol. The molecule has 2 N–H and O–H groups in total. The van der Waals surface area contributed by atoms with Gasteiger partial charge < -0.3 is 5.11 Å². The van der Waals surface area contributed by atoms with Gasteiger partial charge in [0.2, 0.25) is 0 Å². The van der Waals surface area contributed by atoms with Crippen molar-refractivity contribution in [1.29, 1.82) is 0 Å². The first-order chi connectivity index (χ1) is 4.27. The third-order valence-electron chi connectivity index (χ3n) is 0.719. The van der Waals surface area contributed by atoms with Gasteiger partial charge in [0.05, 0.1) is 13.2 Å². The summed E-state index contributed by atoms with van der Waals surface area (Å²) in [6.07, 6.45) is -0.342. The summed E-state index contributed by atoms with van der Waals surface area (Å²) in [6.45, 7) is 2.52. The number of aliphatic hydroxyl groups is 1. The van der Waals surface area contributed by atoms with E-state index in [-0.39, 0.29) is 6.10 Å². The molecule has 0 aromatic heterocycles. The highest BCUT2D eigenvalue weighted by atomic mass is 17.2. The zero-order chi connectivity index (χ0) is 7.11. The summed E-state index contributed by atoms with van der Waals surface area (Å²) >= 11 is 0. The monoisotopic (exact) mass is 135 g/mol. The van der Waals surface area contributed by atoms with E-state index in [2.05, 4.69) is 15.1 Å². The lowest BCUT2D eigenvalue weighted by Crippen LogP contribution is -2.26. The summed E-state index contributed by atoms with van der Waals surface area (Å²) < 4.78 is 0. The zero-order valence-electron chi connectivity index (χ0n) is 5.76. The molecule has 4 heteroatoms. The topological polar surface area (TPSA) is 50.7 Å². The summed E-state index contributed by atoms with van der Waals surface area (Å²) in [4.78, 5) is 8.74. The number of hydrogen-bond donors (Lipinski definition) is 2. The van der Waals surface area contributed by atoms with Crippen LogP contribution < -0.4 is 5.32 Å². The Labute approximate surface area is 54.7 Å². The van der Waals surface area contributed by atoms with Crippen LogP contribution in [0.25, 0.3) is 0 Å². The smallest absolute Gasteiger partial charge is 0.133 e. The van der Waals surface area contributed by atoms with Crippen molar-refractivity contribution < 1.29 is 14.9 Å². The molecule has 1 unspecified atom stereocenters. The van der Waals surface area contributed by atoms with Gasteiger partial charge in [0, 0.05) is 6.54 Å². The molecule has 1 atom stereocenters. The van der Waals surface area contributed by atoms with E-state index in [0.29, 0.717) is 13.3 Å². The van der Waals surface area contributed by atoms with Crippen molar-refractivity contribution in [2.24, 2.45) is 0 Å². The number of nitrogens with one attached hydrogen (secondary N) is 1. The van der Waals surface area contributed by atoms with Gasteiger partial charge in [0.15, 0.2) is 0 Å². The standard InChI is InChI=1S/C5H13NO3/c1-5(7)3-6-4-9-8-2/h5-7H,3-4H2,1-2H3. The Hall–Kier alpha value is -0.160. The fourth-order valence-electron chi connectivity index (χ4n) is 0.368. The molecule has 0 aromatic carbocycles. The molecule has 0 aliphatic heterocycles. The second-order valence-corrected chi connectivity index (χ2v) is 1.73. The van der Waals surface area contributed by atoms with E-state index < -0.39 is 0 Å². The predicted octanol–water partition coefficient (Wildman–Crippen LogP) is -0.508. The summed E-state index contributed by atoms with van der Waals surface area (Å²) in [7, 11) is 1.43. The third kappa shape index (κ3) is 7.84. The van der Waals surface area contributed by atoms with E-state index in [1.807, 2.05) is 0 Å². The molecule has 0 radical (unpaired) electrons. The van der Waals surface area contributed by atoms with Gasteiger partial charge >= 0.3 is 0 Å². The van der Waals surface area contributed by atoms with Crippen molar-refractivity contribution >= 4 is 0 Å². The summed E-state index contributed by atoms with van der Waals surface area (Å²) in [6, 6.07) is 0. The van der Waals surface area contributed by atoms with Gasteiger partial charge in [-0.1, -0.05) is 0 Å². The number of rotatable bonds is 5. The van der Waals surface area contributed by atoms with E-state index in [1.165, 1.54) is 7.11 Å². The average Bonchev–Trinajstić information content (AvgIpc) is 1.80. The van der Waals surface area contributed by atoms with Crippen molar-refractivity contribution in [3.8, 4) is 0 Å². The van der Waals surface area contributed by atoms with Gasteiger partial charge in [0.1, 0.15) is 6.73 Å².